The van der Waals surface area contributed by atoms with E-state index in [0.29, 0.717) is 12.5 Å². The van der Waals surface area contributed by atoms with Crippen LogP contribution in [0.2, 0.25) is 0 Å². The molecule has 1 aromatic rings. The van der Waals surface area contributed by atoms with E-state index in [1.54, 1.807) is 37.4 Å². The number of hydrogen-bond donors (Lipinski definition) is 2. The van der Waals surface area contributed by atoms with E-state index in [9.17, 15) is 4.79 Å². The molecule has 2 N–H and O–H groups in total. The fourth-order valence-corrected chi connectivity index (χ4v) is 1.77. The molecule has 0 saturated heterocycles. The summed E-state index contributed by atoms with van der Waals surface area (Å²) in [6.07, 6.45) is 0. The summed E-state index contributed by atoms with van der Waals surface area (Å²) >= 11 is 1.68. The minimum absolute atomic E-state index is 0.0177. The highest BCUT2D eigenvalue weighted by atomic mass is 32.1. The standard InChI is InChI=1S/C11H18N4OS/c1-12-11(14-8-10(16)15(2)3)13-7-9-5-4-6-17-9/h4-6H,7-8H2,1-3H3,(H2,12,13,14). The topological polar surface area (TPSA) is 56.7 Å². The second-order valence-electron chi connectivity index (χ2n) is 3.65. The predicted molar refractivity (Wildman–Crippen MR) is 71.2 cm³/mol. The van der Waals surface area contributed by atoms with E-state index in [1.807, 2.05) is 11.4 Å². The summed E-state index contributed by atoms with van der Waals surface area (Å²) in [5.41, 5.74) is 0. The Morgan fingerprint density at radius 3 is 2.76 bits per heavy atom. The smallest absolute Gasteiger partial charge is 0.241 e. The second kappa shape index (κ2) is 6.90. The molecular formula is C11H18N4OS. The van der Waals surface area contributed by atoms with Crippen LogP contribution in [0.25, 0.3) is 0 Å². The number of aliphatic imine (C=N–C) groups is 1. The van der Waals surface area contributed by atoms with E-state index in [4.69, 9.17) is 0 Å². The van der Waals surface area contributed by atoms with Crippen LogP contribution in [0.4, 0.5) is 0 Å². The van der Waals surface area contributed by atoms with Crippen molar-refractivity contribution in [1.29, 1.82) is 0 Å². The molecule has 17 heavy (non-hydrogen) atoms. The Morgan fingerprint density at radius 1 is 1.47 bits per heavy atom. The van der Waals surface area contributed by atoms with Gasteiger partial charge >= 0.3 is 0 Å². The van der Waals surface area contributed by atoms with E-state index < -0.39 is 0 Å². The number of nitrogens with one attached hydrogen (secondary N) is 2. The van der Waals surface area contributed by atoms with Crippen LogP contribution >= 0.6 is 11.3 Å². The molecule has 0 spiro atoms. The van der Waals surface area contributed by atoms with Crippen LogP contribution < -0.4 is 10.6 Å². The molecule has 1 rings (SSSR count). The Labute approximate surface area is 106 Å². The minimum Gasteiger partial charge on any atom is -0.352 e. The molecule has 5 nitrogen and oxygen atoms in total. The van der Waals surface area contributed by atoms with Gasteiger partial charge in [0.1, 0.15) is 0 Å². The normalized spacial score (nSPS) is 11.1. The highest BCUT2D eigenvalue weighted by molar-refractivity contribution is 7.09. The lowest BCUT2D eigenvalue weighted by Gasteiger charge is -2.13. The summed E-state index contributed by atoms with van der Waals surface area (Å²) in [5, 5.41) is 8.14. The predicted octanol–water partition coefficient (Wildman–Crippen LogP) is 0.501. The SMILES string of the molecule is CN=C(NCC(=O)N(C)C)NCc1cccs1. The molecule has 1 heterocycles. The summed E-state index contributed by atoms with van der Waals surface area (Å²) in [5.74, 6) is 0.651. The first-order valence-electron chi connectivity index (χ1n) is 5.30. The van der Waals surface area contributed by atoms with Gasteiger partial charge in [0.2, 0.25) is 5.91 Å². The third-order valence-corrected chi connectivity index (χ3v) is 3.02. The number of rotatable bonds is 4. The Balaban J connectivity index is 2.32. The molecule has 0 aliphatic heterocycles. The molecule has 0 atom stereocenters. The van der Waals surface area contributed by atoms with Crippen LogP contribution in [-0.4, -0.2) is 44.5 Å². The summed E-state index contributed by atoms with van der Waals surface area (Å²) in [7, 11) is 5.14. The molecular weight excluding hydrogens is 236 g/mol. The molecule has 0 bridgehead atoms. The molecule has 0 unspecified atom stereocenters. The second-order valence-corrected chi connectivity index (χ2v) is 4.68. The molecule has 94 valence electrons. The number of guanidine groups is 1. The van der Waals surface area contributed by atoms with E-state index in [2.05, 4.69) is 21.7 Å². The van der Waals surface area contributed by atoms with Crippen LogP contribution in [0.1, 0.15) is 4.88 Å². The lowest BCUT2D eigenvalue weighted by atomic mass is 10.4. The summed E-state index contributed by atoms with van der Waals surface area (Å²) in [6, 6.07) is 4.06. The van der Waals surface area contributed by atoms with Gasteiger partial charge in [-0.25, -0.2) is 0 Å². The van der Waals surface area contributed by atoms with Crippen molar-refractivity contribution in [2.45, 2.75) is 6.54 Å². The van der Waals surface area contributed by atoms with Gasteiger partial charge in [0.05, 0.1) is 13.1 Å². The summed E-state index contributed by atoms with van der Waals surface area (Å²) < 4.78 is 0. The minimum atomic E-state index is 0.0177. The summed E-state index contributed by atoms with van der Waals surface area (Å²) in [6.45, 7) is 0.963. The third kappa shape index (κ3) is 4.86. The first kappa shape index (κ1) is 13.5. The quantitative estimate of drug-likeness (QED) is 0.608. The van der Waals surface area contributed by atoms with Gasteiger partial charge in [0.25, 0.3) is 0 Å². The van der Waals surface area contributed by atoms with E-state index in [1.165, 1.54) is 4.88 Å². The van der Waals surface area contributed by atoms with E-state index >= 15 is 0 Å². The average Bonchev–Trinajstić information content (AvgIpc) is 2.81. The zero-order chi connectivity index (χ0) is 12.7. The number of carbonyl (C=O) groups is 1. The van der Waals surface area contributed by atoms with E-state index in [-0.39, 0.29) is 12.5 Å². The zero-order valence-electron chi connectivity index (χ0n) is 10.4. The van der Waals surface area contributed by atoms with Gasteiger partial charge in [0.15, 0.2) is 5.96 Å². The molecule has 0 saturated carbocycles. The maximum Gasteiger partial charge on any atom is 0.241 e. The average molecular weight is 254 g/mol. The number of carbonyl (C=O) groups excluding carboxylic acids is 1. The first-order chi connectivity index (χ1) is 8.13. The molecule has 0 radical (unpaired) electrons. The Bertz CT molecular complexity index is 373. The fraction of sp³-hybridized carbons (Fsp3) is 0.455. The third-order valence-electron chi connectivity index (χ3n) is 2.14. The molecule has 0 aromatic carbocycles. The van der Waals surface area contributed by atoms with Crippen LogP contribution in [0.15, 0.2) is 22.5 Å². The monoisotopic (exact) mass is 254 g/mol. The van der Waals surface area contributed by atoms with Crippen molar-refractivity contribution in [2.75, 3.05) is 27.7 Å². The number of hydrogen-bond acceptors (Lipinski definition) is 3. The van der Waals surface area contributed by atoms with Crippen LogP contribution in [0.3, 0.4) is 0 Å². The number of likely N-dealkylation sites (N-methyl/N-ethyl adjacent to an activating group) is 1. The fourth-order valence-electron chi connectivity index (χ4n) is 1.12. The van der Waals surface area contributed by atoms with Gasteiger partial charge in [-0.05, 0) is 11.4 Å². The highest BCUT2D eigenvalue weighted by Crippen LogP contribution is 2.06. The Hall–Kier alpha value is -1.56. The maximum atomic E-state index is 11.4. The van der Waals surface area contributed by atoms with Gasteiger partial charge in [0, 0.05) is 26.0 Å². The number of nitrogens with zero attached hydrogens (tertiary/aromatic N) is 2. The largest absolute Gasteiger partial charge is 0.352 e. The molecule has 0 aliphatic carbocycles. The van der Waals surface area contributed by atoms with Gasteiger partial charge in [-0.3, -0.25) is 9.79 Å². The van der Waals surface area contributed by atoms with Crippen LogP contribution in [0, 0.1) is 0 Å². The lowest BCUT2D eigenvalue weighted by molar-refractivity contribution is -0.127. The molecule has 0 fully saturated rings. The zero-order valence-corrected chi connectivity index (χ0v) is 11.2. The van der Waals surface area contributed by atoms with Crippen molar-refractivity contribution < 1.29 is 4.79 Å². The van der Waals surface area contributed by atoms with Gasteiger partial charge in [-0.1, -0.05) is 6.07 Å². The lowest BCUT2D eigenvalue weighted by Crippen LogP contribution is -2.42. The Kier molecular flexibility index (Phi) is 5.48. The maximum absolute atomic E-state index is 11.4. The first-order valence-corrected chi connectivity index (χ1v) is 6.18. The van der Waals surface area contributed by atoms with Crippen molar-refractivity contribution >= 4 is 23.2 Å². The molecule has 0 aliphatic rings. The molecule has 6 heteroatoms. The van der Waals surface area contributed by atoms with E-state index in [0.717, 1.165) is 0 Å². The highest BCUT2D eigenvalue weighted by Gasteiger charge is 2.05. The van der Waals surface area contributed by atoms with Crippen LogP contribution in [-0.2, 0) is 11.3 Å². The van der Waals surface area contributed by atoms with Crippen molar-refractivity contribution in [2.24, 2.45) is 4.99 Å². The van der Waals surface area contributed by atoms with Gasteiger partial charge in [-0.2, -0.15) is 0 Å². The van der Waals surface area contributed by atoms with Gasteiger partial charge in [-0.15, -0.1) is 11.3 Å². The van der Waals surface area contributed by atoms with Crippen LogP contribution in [0.5, 0.6) is 0 Å². The number of thiophene rings is 1. The number of amides is 1. The molecule has 1 amide bonds. The summed E-state index contributed by atoms with van der Waals surface area (Å²) in [4.78, 5) is 18.2. The van der Waals surface area contributed by atoms with Crippen molar-refractivity contribution in [3.05, 3.63) is 22.4 Å². The molecule has 1 aromatic heterocycles. The van der Waals surface area contributed by atoms with Crippen molar-refractivity contribution in [3.8, 4) is 0 Å². The van der Waals surface area contributed by atoms with Crippen molar-refractivity contribution in [1.82, 2.24) is 15.5 Å². The van der Waals surface area contributed by atoms with Crippen molar-refractivity contribution in [3.63, 3.8) is 0 Å². The Morgan fingerprint density at radius 2 is 2.24 bits per heavy atom. The van der Waals surface area contributed by atoms with Gasteiger partial charge < -0.3 is 15.5 Å².